The number of nitrogens with zero attached hydrogens (tertiary/aromatic N) is 3. The van der Waals surface area contributed by atoms with Gasteiger partial charge >= 0.3 is 6.03 Å². The maximum Gasteiger partial charge on any atom is 0.321 e. The minimum atomic E-state index is -0.545. The fourth-order valence-corrected chi connectivity index (χ4v) is 2.79. The maximum absolute atomic E-state index is 11.8. The Morgan fingerprint density at radius 1 is 1.38 bits per heavy atom. The topological polar surface area (TPSA) is 88.9 Å². The first-order valence-corrected chi connectivity index (χ1v) is 8.29. The summed E-state index contributed by atoms with van der Waals surface area (Å²) in [7, 11) is 0. The zero-order valence-electron chi connectivity index (χ0n) is 13.6. The molecule has 1 aromatic heterocycles. The fraction of sp³-hybridized carbons (Fsp3) is 0.250. The zero-order valence-corrected chi connectivity index (χ0v) is 14.4. The first-order chi connectivity index (χ1) is 11.5. The van der Waals surface area contributed by atoms with Crippen LogP contribution in [0, 0.1) is 13.8 Å². The predicted octanol–water partition coefficient (Wildman–Crippen LogP) is 1.99. The molecule has 1 aromatic carbocycles. The number of hydrogen-bond donors (Lipinski definition) is 2. The highest BCUT2D eigenvalue weighted by Crippen LogP contribution is 2.22. The average Bonchev–Trinajstić information content (AvgIpc) is 2.99. The van der Waals surface area contributed by atoms with Crippen LogP contribution in [0.3, 0.4) is 0 Å². The van der Waals surface area contributed by atoms with Crippen LogP contribution >= 0.6 is 11.8 Å². The van der Waals surface area contributed by atoms with E-state index in [1.165, 1.54) is 23.4 Å². The number of aryl methyl sites for hydroxylation is 2. The summed E-state index contributed by atoms with van der Waals surface area (Å²) in [5.74, 6) is -0.345. The Kier molecular flexibility index (Phi) is 6.14. The molecule has 2 N–H and O–H groups in total. The molecule has 0 unspecified atom stereocenters. The molecular weight excluding hydrogens is 326 g/mol. The third kappa shape index (κ3) is 4.69. The summed E-state index contributed by atoms with van der Waals surface area (Å²) in [5.41, 5.74) is 3.21. The van der Waals surface area contributed by atoms with Gasteiger partial charge < -0.3 is 5.32 Å². The summed E-state index contributed by atoms with van der Waals surface area (Å²) in [6.07, 6.45) is 3.14. The van der Waals surface area contributed by atoms with Crippen molar-refractivity contribution in [2.45, 2.75) is 19.0 Å². The molecule has 126 valence electrons. The molecule has 24 heavy (non-hydrogen) atoms. The Hall–Kier alpha value is -2.61. The molecule has 2 rings (SSSR count). The van der Waals surface area contributed by atoms with Crippen LogP contribution < -0.4 is 10.6 Å². The molecule has 0 bridgehead atoms. The Labute approximate surface area is 144 Å². The van der Waals surface area contributed by atoms with Crippen molar-refractivity contribution >= 4 is 23.7 Å². The van der Waals surface area contributed by atoms with Gasteiger partial charge in [-0.25, -0.2) is 4.79 Å². The smallest absolute Gasteiger partial charge is 0.321 e. The van der Waals surface area contributed by atoms with E-state index in [0.29, 0.717) is 11.7 Å². The molecule has 0 spiro atoms. The van der Waals surface area contributed by atoms with Crippen molar-refractivity contribution in [2.75, 3.05) is 12.3 Å². The van der Waals surface area contributed by atoms with E-state index in [9.17, 15) is 9.59 Å². The van der Waals surface area contributed by atoms with Crippen LogP contribution in [-0.4, -0.2) is 39.0 Å². The minimum Gasteiger partial charge on any atom is -0.334 e. The highest BCUT2D eigenvalue weighted by molar-refractivity contribution is 7.99. The molecule has 0 aliphatic carbocycles. The lowest BCUT2D eigenvalue weighted by molar-refractivity contribution is -0.117. The van der Waals surface area contributed by atoms with E-state index in [2.05, 4.69) is 33.5 Å². The van der Waals surface area contributed by atoms with E-state index in [4.69, 9.17) is 0 Å². The molecule has 0 fully saturated rings. The van der Waals surface area contributed by atoms with Gasteiger partial charge in [0, 0.05) is 6.54 Å². The van der Waals surface area contributed by atoms with Crippen LogP contribution in [-0.2, 0) is 4.79 Å². The molecule has 0 saturated heterocycles. The van der Waals surface area contributed by atoms with Crippen molar-refractivity contribution in [2.24, 2.45) is 0 Å². The third-order valence-electron chi connectivity index (χ3n) is 3.12. The quantitative estimate of drug-likeness (QED) is 0.617. The standard InChI is InChI=1S/C16H19N5O2S/c1-4-7-17-15(23)19-14(22)9-24-16-20-18-10-21(16)13-6-5-11(2)8-12(13)3/h4-6,8,10H,1,7,9H2,2-3H3,(H2,17,19,22,23). The van der Waals surface area contributed by atoms with Crippen molar-refractivity contribution in [1.29, 1.82) is 0 Å². The summed E-state index contributed by atoms with van der Waals surface area (Å²) in [6.45, 7) is 7.82. The minimum absolute atomic E-state index is 0.0606. The van der Waals surface area contributed by atoms with Gasteiger partial charge in [-0.05, 0) is 25.5 Å². The van der Waals surface area contributed by atoms with Crippen molar-refractivity contribution in [3.05, 3.63) is 48.3 Å². The number of nitrogens with one attached hydrogen (secondary N) is 2. The van der Waals surface area contributed by atoms with Gasteiger partial charge in [-0.15, -0.1) is 16.8 Å². The molecule has 2 aromatic rings. The molecule has 7 nitrogen and oxygen atoms in total. The Morgan fingerprint density at radius 3 is 2.88 bits per heavy atom. The lowest BCUT2D eigenvalue weighted by Gasteiger charge is -2.10. The van der Waals surface area contributed by atoms with Gasteiger partial charge in [0.2, 0.25) is 5.91 Å². The average molecular weight is 345 g/mol. The summed E-state index contributed by atoms with van der Waals surface area (Å²) < 4.78 is 1.82. The Morgan fingerprint density at radius 2 is 2.17 bits per heavy atom. The number of thioether (sulfide) groups is 1. The van der Waals surface area contributed by atoms with Crippen LogP contribution in [0.1, 0.15) is 11.1 Å². The lowest BCUT2D eigenvalue weighted by atomic mass is 10.1. The molecule has 0 aliphatic rings. The van der Waals surface area contributed by atoms with E-state index in [1.807, 2.05) is 30.5 Å². The van der Waals surface area contributed by atoms with Crippen molar-refractivity contribution in [3.63, 3.8) is 0 Å². The molecular formula is C16H19N5O2S. The number of rotatable bonds is 6. The van der Waals surface area contributed by atoms with Crippen molar-refractivity contribution in [3.8, 4) is 5.69 Å². The van der Waals surface area contributed by atoms with Crippen LogP contribution in [0.15, 0.2) is 42.3 Å². The van der Waals surface area contributed by atoms with Crippen molar-refractivity contribution < 1.29 is 9.59 Å². The van der Waals surface area contributed by atoms with E-state index in [0.717, 1.165) is 11.3 Å². The molecule has 3 amide bonds. The van der Waals surface area contributed by atoms with Gasteiger partial charge in [0.25, 0.3) is 0 Å². The largest absolute Gasteiger partial charge is 0.334 e. The molecule has 0 saturated carbocycles. The predicted molar refractivity (Wildman–Crippen MR) is 93.3 cm³/mol. The summed E-state index contributed by atoms with van der Waals surface area (Å²) in [4.78, 5) is 23.2. The number of carbonyl (C=O) groups is 2. The second-order valence-electron chi connectivity index (χ2n) is 5.11. The van der Waals surface area contributed by atoms with Crippen LogP contribution in [0.4, 0.5) is 4.79 Å². The molecule has 0 aliphatic heterocycles. The number of imide groups is 1. The number of carbonyl (C=O) groups excluding carboxylic acids is 2. The van der Waals surface area contributed by atoms with Crippen LogP contribution in [0.2, 0.25) is 0 Å². The lowest BCUT2D eigenvalue weighted by Crippen LogP contribution is -2.40. The van der Waals surface area contributed by atoms with E-state index < -0.39 is 11.9 Å². The van der Waals surface area contributed by atoms with Crippen molar-refractivity contribution in [1.82, 2.24) is 25.4 Å². The Balaban J connectivity index is 2.00. The van der Waals surface area contributed by atoms with Gasteiger partial charge in [0.1, 0.15) is 6.33 Å². The Bertz CT molecular complexity index is 757. The van der Waals surface area contributed by atoms with E-state index >= 15 is 0 Å². The van der Waals surface area contributed by atoms with Gasteiger partial charge in [-0.3, -0.25) is 14.7 Å². The highest BCUT2D eigenvalue weighted by Gasteiger charge is 2.13. The number of benzene rings is 1. The van der Waals surface area contributed by atoms with Crippen LogP contribution in [0.25, 0.3) is 5.69 Å². The summed E-state index contributed by atoms with van der Waals surface area (Å²) in [5, 5.41) is 13.3. The zero-order chi connectivity index (χ0) is 17.5. The monoisotopic (exact) mass is 345 g/mol. The second-order valence-corrected chi connectivity index (χ2v) is 6.05. The summed E-state index contributed by atoms with van der Waals surface area (Å²) >= 11 is 1.21. The SMILES string of the molecule is C=CCNC(=O)NC(=O)CSc1nncn1-c1ccc(C)cc1C. The van der Waals surface area contributed by atoms with Gasteiger partial charge in [-0.2, -0.15) is 0 Å². The van der Waals surface area contributed by atoms with E-state index in [-0.39, 0.29) is 5.75 Å². The number of urea groups is 1. The normalized spacial score (nSPS) is 10.2. The summed E-state index contributed by atoms with van der Waals surface area (Å²) in [6, 6.07) is 5.52. The molecule has 8 heteroatoms. The van der Waals surface area contributed by atoms with Gasteiger partial charge in [0.05, 0.1) is 11.4 Å². The number of aromatic nitrogens is 3. The molecule has 0 atom stereocenters. The second kappa shape index (κ2) is 8.30. The first kappa shape index (κ1) is 17.7. The first-order valence-electron chi connectivity index (χ1n) is 7.30. The van der Waals surface area contributed by atoms with Gasteiger partial charge in [0.15, 0.2) is 5.16 Å². The number of amides is 3. The van der Waals surface area contributed by atoms with E-state index in [1.54, 1.807) is 6.33 Å². The highest BCUT2D eigenvalue weighted by atomic mass is 32.2. The van der Waals surface area contributed by atoms with Crippen LogP contribution in [0.5, 0.6) is 0 Å². The third-order valence-corrected chi connectivity index (χ3v) is 4.06. The fourth-order valence-electron chi connectivity index (χ4n) is 2.07. The maximum atomic E-state index is 11.8. The number of hydrogen-bond acceptors (Lipinski definition) is 5. The molecule has 0 radical (unpaired) electrons. The van der Waals surface area contributed by atoms with Gasteiger partial charge in [-0.1, -0.05) is 35.5 Å². The molecule has 1 heterocycles.